The lowest BCUT2D eigenvalue weighted by Gasteiger charge is -2.20. The van der Waals surface area contributed by atoms with E-state index in [-0.39, 0.29) is 0 Å². The fourth-order valence-corrected chi connectivity index (χ4v) is 7.77. The van der Waals surface area contributed by atoms with Crippen LogP contribution in [-0.4, -0.2) is 0 Å². The van der Waals surface area contributed by atoms with Gasteiger partial charge in [0.05, 0.1) is 0 Å². The van der Waals surface area contributed by atoms with Crippen molar-refractivity contribution in [3.8, 4) is 44.5 Å². The molecule has 0 aromatic heterocycles. The monoisotopic (exact) mass is 572 g/mol. The van der Waals surface area contributed by atoms with Crippen LogP contribution >= 0.6 is 0 Å². The highest BCUT2D eigenvalue weighted by Crippen LogP contribution is 2.49. The van der Waals surface area contributed by atoms with Gasteiger partial charge in [0.2, 0.25) is 0 Å². The highest BCUT2D eigenvalue weighted by Gasteiger charge is 2.26. The Morgan fingerprint density at radius 1 is 0.378 bits per heavy atom. The molecule has 0 heterocycles. The number of fused-ring (bicyclic) bond motifs is 6. The normalized spacial score (nSPS) is 13.8. The van der Waals surface area contributed by atoms with E-state index in [0.717, 1.165) is 0 Å². The summed E-state index contributed by atoms with van der Waals surface area (Å²) >= 11 is 0. The van der Waals surface area contributed by atoms with Gasteiger partial charge >= 0.3 is 0 Å². The molecule has 8 aromatic rings. The van der Waals surface area contributed by atoms with E-state index in [0.29, 0.717) is 5.92 Å². The van der Waals surface area contributed by atoms with Gasteiger partial charge in [-0.15, -0.1) is 0 Å². The lowest BCUT2D eigenvalue weighted by atomic mass is 9.83. The molecule has 9 rings (SSSR count). The molecule has 0 N–H and O–H groups in total. The Bertz CT molecular complexity index is 2380. The molecule has 0 spiro atoms. The van der Waals surface area contributed by atoms with Gasteiger partial charge < -0.3 is 0 Å². The van der Waals surface area contributed by atoms with Crippen molar-refractivity contribution in [1.82, 2.24) is 0 Å². The van der Waals surface area contributed by atoms with Gasteiger partial charge in [-0.2, -0.15) is 0 Å². The highest BCUT2D eigenvalue weighted by molar-refractivity contribution is 6.24. The third-order valence-electron chi connectivity index (χ3n) is 9.97. The molecular weight excluding hydrogens is 540 g/mol. The molecule has 0 aliphatic heterocycles. The van der Waals surface area contributed by atoms with E-state index < -0.39 is 0 Å². The number of rotatable bonds is 3. The SMILES string of the molecule is Cc1ccc(-c2cc(-c3c4ccccc4c(-c4ccc5c(c4)C(C)c4ccccc4-5)c4ccccc34)c3ccccc3c2)cc1. The molecule has 8 aromatic carbocycles. The van der Waals surface area contributed by atoms with Gasteiger partial charge in [-0.05, 0) is 113 Å². The van der Waals surface area contributed by atoms with Crippen molar-refractivity contribution >= 4 is 32.3 Å². The molecule has 0 fully saturated rings. The summed E-state index contributed by atoms with van der Waals surface area (Å²) in [5.41, 5.74) is 14.5. The van der Waals surface area contributed by atoms with Crippen molar-refractivity contribution in [2.24, 2.45) is 0 Å². The molecule has 0 saturated heterocycles. The Morgan fingerprint density at radius 3 is 1.64 bits per heavy atom. The number of hydrogen-bond acceptors (Lipinski definition) is 0. The van der Waals surface area contributed by atoms with Crippen LogP contribution in [0.1, 0.15) is 29.5 Å². The first kappa shape index (κ1) is 26.0. The summed E-state index contributed by atoms with van der Waals surface area (Å²) in [5.74, 6) is 0.379. The number of benzene rings is 8. The second kappa shape index (κ2) is 10.0. The number of aryl methyl sites for hydroxylation is 1. The molecule has 1 atom stereocenters. The predicted octanol–water partition coefficient (Wildman–Crippen LogP) is 12.6. The second-order valence-corrected chi connectivity index (χ2v) is 12.6. The van der Waals surface area contributed by atoms with Crippen molar-refractivity contribution in [1.29, 1.82) is 0 Å². The molecule has 0 heteroatoms. The summed E-state index contributed by atoms with van der Waals surface area (Å²) in [6.45, 7) is 4.50. The smallest absolute Gasteiger partial charge is 0.00735 e. The van der Waals surface area contributed by atoms with Gasteiger partial charge in [0, 0.05) is 5.92 Å². The summed E-state index contributed by atoms with van der Waals surface area (Å²) in [6, 6.07) is 56.6. The first-order chi connectivity index (χ1) is 22.2. The Balaban J connectivity index is 1.35. The zero-order chi connectivity index (χ0) is 30.1. The predicted molar refractivity (Wildman–Crippen MR) is 193 cm³/mol. The maximum atomic E-state index is 2.46. The lowest BCUT2D eigenvalue weighted by Crippen LogP contribution is -1.94. The molecular formula is C45H32. The van der Waals surface area contributed by atoms with E-state index in [2.05, 4.69) is 166 Å². The van der Waals surface area contributed by atoms with E-state index in [1.165, 1.54) is 93.5 Å². The zero-order valence-electron chi connectivity index (χ0n) is 25.5. The van der Waals surface area contributed by atoms with Crippen molar-refractivity contribution in [2.45, 2.75) is 19.8 Å². The first-order valence-corrected chi connectivity index (χ1v) is 15.9. The Hall–Kier alpha value is -5.46. The molecule has 1 unspecified atom stereocenters. The Labute approximate surface area is 264 Å². The van der Waals surface area contributed by atoms with E-state index >= 15 is 0 Å². The van der Waals surface area contributed by atoms with E-state index in [1.54, 1.807) is 0 Å². The molecule has 0 bridgehead atoms. The van der Waals surface area contributed by atoms with Crippen LogP contribution in [0.4, 0.5) is 0 Å². The highest BCUT2D eigenvalue weighted by atomic mass is 14.3. The molecule has 1 aliphatic rings. The zero-order valence-corrected chi connectivity index (χ0v) is 25.5. The fourth-order valence-electron chi connectivity index (χ4n) is 7.77. The summed E-state index contributed by atoms with van der Waals surface area (Å²) < 4.78 is 0. The van der Waals surface area contributed by atoms with Crippen LogP contribution in [-0.2, 0) is 0 Å². The van der Waals surface area contributed by atoms with Crippen LogP contribution in [0, 0.1) is 6.92 Å². The Kier molecular flexibility index (Phi) is 5.80. The molecule has 1 aliphatic carbocycles. The van der Waals surface area contributed by atoms with Crippen LogP contribution in [0.2, 0.25) is 0 Å². The molecule has 0 amide bonds. The van der Waals surface area contributed by atoms with Crippen LogP contribution in [0.25, 0.3) is 76.8 Å². The Morgan fingerprint density at radius 2 is 0.933 bits per heavy atom. The summed E-state index contributed by atoms with van der Waals surface area (Å²) in [7, 11) is 0. The molecule has 212 valence electrons. The van der Waals surface area contributed by atoms with Crippen LogP contribution in [0.15, 0.2) is 152 Å². The van der Waals surface area contributed by atoms with Crippen LogP contribution in [0.3, 0.4) is 0 Å². The van der Waals surface area contributed by atoms with Crippen LogP contribution < -0.4 is 0 Å². The average molecular weight is 573 g/mol. The van der Waals surface area contributed by atoms with Crippen molar-refractivity contribution in [3.63, 3.8) is 0 Å². The lowest BCUT2D eigenvalue weighted by molar-refractivity contribution is 0.957. The third kappa shape index (κ3) is 3.99. The quantitative estimate of drug-likeness (QED) is 0.185. The summed E-state index contributed by atoms with van der Waals surface area (Å²) in [4.78, 5) is 0. The van der Waals surface area contributed by atoms with E-state index in [1.807, 2.05) is 0 Å². The summed E-state index contributed by atoms with van der Waals surface area (Å²) in [6.07, 6.45) is 0. The molecule has 0 nitrogen and oxygen atoms in total. The van der Waals surface area contributed by atoms with Crippen molar-refractivity contribution < 1.29 is 0 Å². The van der Waals surface area contributed by atoms with E-state index in [9.17, 15) is 0 Å². The van der Waals surface area contributed by atoms with E-state index in [4.69, 9.17) is 0 Å². The van der Waals surface area contributed by atoms with Gasteiger partial charge in [0.25, 0.3) is 0 Å². The molecule has 0 saturated carbocycles. The summed E-state index contributed by atoms with van der Waals surface area (Å²) in [5, 5.41) is 7.69. The average Bonchev–Trinajstić information content (AvgIpc) is 3.38. The van der Waals surface area contributed by atoms with Gasteiger partial charge in [-0.25, -0.2) is 0 Å². The minimum atomic E-state index is 0.379. The standard InChI is InChI=1S/C45H32/c1-28-19-21-30(22-20-28)33-25-31-11-3-4-13-35(31)43(27-33)45-40-17-9-7-15-38(40)44(39-16-8-10-18-41(39)45)32-23-24-37-36-14-6-5-12-34(36)29(2)42(37)26-32/h3-27,29H,1-2H3. The number of hydrogen-bond donors (Lipinski definition) is 0. The second-order valence-electron chi connectivity index (χ2n) is 12.6. The molecule has 45 heavy (non-hydrogen) atoms. The van der Waals surface area contributed by atoms with Gasteiger partial charge in [-0.1, -0.05) is 146 Å². The third-order valence-corrected chi connectivity index (χ3v) is 9.97. The van der Waals surface area contributed by atoms with Gasteiger partial charge in [0.15, 0.2) is 0 Å². The minimum absolute atomic E-state index is 0.379. The largest absolute Gasteiger partial charge is 0.0619 e. The van der Waals surface area contributed by atoms with Crippen molar-refractivity contribution in [2.75, 3.05) is 0 Å². The molecule has 0 radical (unpaired) electrons. The maximum absolute atomic E-state index is 2.46. The minimum Gasteiger partial charge on any atom is -0.0619 e. The van der Waals surface area contributed by atoms with Crippen molar-refractivity contribution in [3.05, 3.63) is 168 Å². The topological polar surface area (TPSA) is 0 Å². The maximum Gasteiger partial charge on any atom is 0.00735 e. The van der Waals surface area contributed by atoms with Gasteiger partial charge in [0.1, 0.15) is 0 Å². The first-order valence-electron chi connectivity index (χ1n) is 15.9. The fraction of sp³-hybridized carbons (Fsp3) is 0.0667. The van der Waals surface area contributed by atoms with Gasteiger partial charge in [-0.3, -0.25) is 0 Å². The van der Waals surface area contributed by atoms with Crippen LogP contribution in [0.5, 0.6) is 0 Å².